The number of hydrogen-bond acceptors (Lipinski definition) is 5. The molecule has 1 rings (SSSR count). The Labute approximate surface area is 110 Å². The Hall–Kier alpha value is -1.36. The van der Waals surface area contributed by atoms with Crippen molar-refractivity contribution in [3.8, 4) is 0 Å². The van der Waals surface area contributed by atoms with Crippen molar-refractivity contribution in [3.05, 3.63) is 11.9 Å². The van der Waals surface area contributed by atoms with Crippen molar-refractivity contribution in [2.45, 2.75) is 33.6 Å². The third kappa shape index (κ3) is 4.49. The second-order valence-corrected chi connectivity index (χ2v) is 4.64. The van der Waals surface area contributed by atoms with Crippen molar-refractivity contribution in [2.75, 3.05) is 37.2 Å². The van der Waals surface area contributed by atoms with Gasteiger partial charge in [-0.1, -0.05) is 27.7 Å². The molecule has 0 bridgehead atoms. The molecule has 0 aliphatic carbocycles. The van der Waals surface area contributed by atoms with E-state index >= 15 is 0 Å². The fourth-order valence-electron chi connectivity index (χ4n) is 1.72. The topological polar surface area (TPSA) is 67.1 Å². The monoisotopic (exact) mass is 251 g/mol. The van der Waals surface area contributed by atoms with Gasteiger partial charge in [0.15, 0.2) is 0 Å². The van der Waals surface area contributed by atoms with Crippen LogP contribution in [0.2, 0.25) is 0 Å². The van der Waals surface area contributed by atoms with E-state index in [1.165, 1.54) is 0 Å². The highest BCUT2D eigenvalue weighted by atomic mass is 15.1. The lowest BCUT2D eigenvalue weighted by molar-refractivity contribution is 0.316. The molecular formula is C13H25N5. The molecule has 3 N–H and O–H groups in total. The SMILES string of the molecule is CCN(CC)CCNc1cc(N)nc(C(C)C)n1. The Morgan fingerprint density at radius 1 is 1.28 bits per heavy atom. The Balaban J connectivity index is 2.56. The Kier molecular flexibility index (Phi) is 5.85. The minimum Gasteiger partial charge on any atom is -0.384 e. The molecule has 0 unspecified atom stereocenters. The first kappa shape index (κ1) is 14.7. The van der Waals surface area contributed by atoms with Crippen molar-refractivity contribution in [2.24, 2.45) is 0 Å². The zero-order valence-electron chi connectivity index (χ0n) is 11.9. The number of likely N-dealkylation sites (N-methyl/N-ethyl adjacent to an activating group) is 1. The number of nitrogen functional groups attached to an aromatic ring is 1. The lowest BCUT2D eigenvalue weighted by Crippen LogP contribution is -2.28. The maximum Gasteiger partial charge on any atom is 0.135 e. The molecule has 0 saturated heterocycles. The van der Waals surface area contributed by atoms with Gasteiger partial charge >= 0.3 is 0 Å². The van der Waals surface area contributed by atoms with Crippen LogP contribution in [0.15, 0.2) is 6.07 Å². The molecule has 18 heavy (non-hydrogen) atoms. The second kappa shape index (κ2) is 7.16. The van der Waals surface area contributed by atoms with E-state index < -0.39 is 0 Å². The molecule has 0 fully saturated rings. The van der Waals surface area contributed by atoms with Gasteiger partial charge in [-0.05, 0) is 13.1 Å². The fourth-order valence-corrected chi connectivity index (χ4v) is 1.72. The number of nitrogens with two attached hydrogens (primary N) is 1. The van der Waals surface area contributed by atoms with Gasteiger partial charge in [0.05, 0.1) is 0 Å². The van der Waals surface area contributed by atoms with E-state index in [9.17, 15) is 0 Å². The van der Waals surface area contributed by atoms with Crippen LogP contribution in [-0.4, -0.2) is 41.0 Å². The molecule has 5 nitrogen and oxygen atoms in total. The zero-order chi connectivity index (χ0) is 13.5. The molecule has 0 aromatic carbocycles. The second-order valence-electron chi connectivity index (χ2n) is 4.64. The Morgan fingerprint density at radius 2 is 1.94 bits per heavy atom. The highest BCUT2D eigenvalue weighted by Gasteiger charge is 2.06. The Bertz CT molecular complexity index is 360. The van der Waals surface area contributed by atoms with Gasteiger partial charge in [0, 0.05) is 25.1 Å². The van der Waals surface area contributed by atoms with E-state index in [-0.39, 0.29) is 5.92 Å². The average molecular weight is 251 g/mol. The summed E-state index contributed by atoms with van der Waals surface area (Å²) in [5.41, 5.74) is 5.78. The van der Waals surface area contributed by atoms with Crippen LogP contribution < -0.4 is 11.1 Å². The zero-order valence-corrected chi connectivity index (χ0v) is 11.9. The van der Waals surface area contributed by atoms with Crippen molar-refractivity contribution < 1.29 is 0 Å². The van der Waals surface area contributed by atoms with Crippen LogP contribution in [0.4, 0.5) is 11.6 Å². The van der Waals surface area contributed by atoms with Gasteiger partial charge in [-0.15, -0.1) is 0 Å². The first-order valence-corrected chi connectivity index (χ1v) is 6.67. The lowest BCUT2D eigenvalue weighted by atomic mass is 10.2. The van der Waals surface area contributed by atoms with Crippen molar-refractivity contribution in [1.29, 1.82) is 0 Å². The highest BCUT2D eigenvalue weighted by Crippen LogP contribution is 2.14. The van der Waals surface area contributed by atoms with Gasteiger partial charge in [-0.3, -0.25) is 0 Å². The minimum atomic E-state index is 0.289. The van der Waals surface area contributed by atoms with Crippen LogP contribution in [0.25, 0.3) is 0 Å². The number of nitrogens with one attached hydrogen (secondary N) is 1. The standard InChI is InChI=1S/C13H25N5/c1-5-18(6-2)8-7-15-12-9-11(14)16-13(17-12)10(3)4/h9-10H,5-8H2,1-4H3,(H3,14,15,16,17). The molecule has 0 aliphatic heterocycles. The molecule has 0 spiro atoms. The van der Waals surface area contributed by atoms with Crippen LogP contribution >= 0.6 is 0 Å². The Morgan fingerprint density at radius 3 is 2.50 bits per heavy atom. The van der Waals surface area contributed by atoms with Gasteiger partial charge < -0.3 is 16.0 Å². The third-order valence-corrected chi connectivity index (χ3v) is 2.91. The summed E-state index contributed by atoms with van der Waals surface area (Å²) in [6.07, 6.45) is 0. The van der Waals surface area contributed by atoms with E-state index in [1.807, 2.05) is 0 Å². The molecule has 1 aromatic rings. The molecule has 5 heteroatoms. The van der Waals surface area contributed by atoms with E-state index in [0.717, 1.165) is 37.8 Å². The van der Waals surface area contributed by atoms with Gasteiger partial charge in [-0.25, -0.2) is 9.97 Å². The molecule has 0 aliphatic rings. The molecule has 1 aromatic heterocycles. The van der Waals surface area contributed by atoms with Gasteiger partial charge in [0.1, 0.15) is 17.5 Å². The molecular weight excluding hydrogens is 226 g/mol. The van der Waals surface area contributed by atoms with Gasteiger partial charge in [-0.2, -0.15) is 0 Å². The quantitative estimate of drug-likeness (QED) is 0.775. The van der Waals surface area contributed by atoms with Crippen LogP contribution in [0.3, 0.4) is 0 Å². The highest BCUT2D eigenvalue weighted by molar-refractivity contribution is 5.44. The predicted molar refractivity (Wildman–Crippen MR) is 76.8 cm³/mol. The summed E-state index contributed by atoms with van der Waals surface area (Å²) in [4.78, 5) is 11.0. The summed E-state index contributed by atoms with van der Waals surface area (Å²) in [6, 6.07) is 1.79. The summed E-state index contributed by atoms with van der Waals surface area (Å²) in [5, 5.41) is 3.31. The fraction of sp³-hybridized carbons (Fsp3) is 0.692. The number of rotatable bonds is 7. The van der Waals surface area contributed by atoms with Crippen LogP contribution in [0.1, 0.15) is 39.4 Å². The first-order valence-electron chi connectivity index (χ1n) is 6.67. The normalized spacial score (nSPS) is 11.2. The van der Waals surface area contributed by atoms with Gasteiger partial charge in [0.2, 0.25) is 0 Å². The minimum absolute atomic E-state index is 0.289. The summed E-state index contributed by atoms with van der Waals surface area (Å²) in [5.74, 6) is 2.43. The number of aromatic nitrogens is 2. The third-order valence-electron chi connectivity index (χ3n) is 2.91. The van der Waals surface area contributed by atoms with Crippen LogP contribution in [0.5, 0.6) is 0 Å². The summed E-state index contributed by atoms with van der Waals surface area (Å²) in [6.45, 7) is 12.5. The first-order chi connectivity index (χ1) is 8.56. The van der Waals surface area contributed by atoms with Crippen molar-refractivity contribution >= 4 is 11.6 Å². The van der Waals surface area contributed by atoms with E-state index in [2.05, 4.69) is 47.9 Å². The summed E-state index contributed by atoms with van der Waals surface area (Å²) >= 11 is 0. The molecule has 1 heterocycles. The molecule has 0 radical (unpaired) electrons. The number of nitrogens with zero attached hydrogens (tertiary/aromatic N) is 3. The lowest BCUT2D eigenvalue weighted by Gasteiger charge is -2.18. The van der Waals surface area contributed by atoms with Crippen LogP contribution in [0, 0.1) is 0 Å². The summed E-state index contributed by atoms with van der Waals surface area (Å²) in [7, 11) is 0. The van der Waals surface area contributed by atoms with Crippen molar-refractivity contribution in [3.63, 3.8) is 0 Å². The number of anilines is 2. The van der Waals surface area contributed by atoms with Gasteiger partial charge in [0.25, 0.3) is 0 Å². The molecule has 0 amide bonds. The molecule has 0 atom stereocenters. The molecule has 102 valence electrons. The predicted octanol–water partition coefficient (Wildman–Crippen LogP) is 1.94. The number of hydrogen-bond donors (Lipinski definition) is 2. The summed E-state index contributed by atoms with van der Waals surface area (Å²) < 4.78 is 0. The maximum atomic E-state index is 5.78. The largest absolute Gasteiger partial charge is 0.384 e. The van der Waals surface area contributed by atoms with E-state index in [1.54, 1.807) is 6.07 Å². The average Bonchev–Trinajstić information content (AvgIpc) is 2.34. The smallest absolute Gasteiger partial charge is 0.135 e. The van der Waals surface area contributed by atoms with E-state index in [4.69, 9.17) is 5.73 Å². The van der Waals surface area contributed by atoms with Crippen LogP contribution in [-0.2, 0) is 0 Å². The molecule has 0 saturated carbocycles. The maximum absolute atomic E-state index is 5.78. The van der Waals surface area contributed by atoms with Crippen molar-refractivity contribution in [1.82, 2.24) is 14.9 Å². The van der Waals surface area contributed by atoms with E-state index in [0.29, 0.717) is 5.82 Å².